The number of nitrogens with two attached hydrogens (primary N) is 1. The highest BCUT2D eigenvalue weighted by molar-refractivity contribution is 9.10. The van der Waals surface area contributed by atoms with Crippen LogP contribution in [0.15, 0.2) is 46.9 Å². The van der Waals surface area contributed by atoms with Crippen LogP contribution in [0.1, 0.15) is 23.1 Å². The first-order valence-corrected chi connectivity index (χ1v) is 7.67. The molecule has 0 aliphatic heterocycles. The lowest BCUT2D eigenvalue weighted by Gasteiger charge is -2.23. The summed E-state index contributed by atoms with van der Waals surface area (Å²) < 4.78 is 0.853. The maximum atomic E-state index is 10.6. The molecule has 2 nitrogen and oxygen atoms in total. The molecule has 106 valence electrons. The molecule has 3 N–H and O–H groups in total. The van der Waals surface area contributed by atoms with E-state index in [1.54, 1.807) is 12.1 Å². The second kappa shape index (κ2) is 6.92. The predicted molar refractivity (Wildman–Crippen MR) is 87.4 cm³/mol. The molecule has 0 aliphatic rings. The van der Waals surface area contributed by atoms with E-state index in [1.165, 1.54) is 0 Å². The number of aliphatic hydroxyl groups excluding tert-OH is 1. The van der Waals surface area contributed by atoms with Gasteiger partial charge in [-0.25, -0.2) is 0 Å². The SMILES string of the molecule is NCC(c1ccc(Cl)c(Cl)c1)C(O)c1ccccc1Br. The van der Waals surface area contributed by atoms with Crippen LogP contribution in [0.5, 0.6) is 0 Å². The average molecular weight is 375 g/mol. The molecule has 0 radical (unpaired) electrons. The zero-order valence-electron chi connectivity index (χ0n) is 10.6. The third kappa shape index (κ3) is 3.35. The van der Waals surface area contributed by atoms with Crippen molar-refractivity contribution in [2.75, 3.05) is 6.54 Å². The molecule has 0 bridgehead atoms. The number of aliphatic hydroxyl groups is 1. The monoisotopic (exact) mass is 373 g/mol. The first-order valence-electron chi connectivity index (χ1n) is 6.12. The van der Waals surface area contributed by atoms with Gasteiger partial charge in [0, 0.05) is 16.9 Å². The van der Waals surface area contributed by atoms with E-state index in [0.29, 0.717) is 16.6 Å². The van der Waals surface area contributed by atoms with E-state index >= 15 is 0 Å². The lowest BCUT2D eigenvalue weighted by molar-refractivity contribution is 0.146. The third-order valence-corrected chi connectivity index (χ3v) is 4.69. The van der Waals surface area contributed by atoms with Crippen molar-refractivity contribution in [2.45, 2.75) is 12.0 Å². The fraction of sp³-hybridized carbons (Fsp3) is 0.200. The minimum absolute atomic E-state index is 0.247. The Kier molecular flexibility index (Phi) is 5.47. The van der Waals surface area contributed by atoms with Crippen molar-refractivity contribution in [2.24, 2.45) is 5.73 Å². The molecule has 2 aromatic rings. The maximum absolute atomic E-state index is 10.6. The van der Waals surface area contributed by atoms with Crippen LogP contribution < -0.4 is 5.73 Å². The highest BCUT2D eigenvalue weighted by Gasteiger charge is 2.23. The van der Waals surface area contributed by atoms with Gasteiger partial charge in [-0.1, -0.05) is 63.4 Å². The molecule has 0 aromatic heterocycles. The molecule has 0 amide bonds. The van der Waals surface area contributed by atoms with E-state index in [2.05, 4.69) is 15.9 Å². The van der Waals surface area contributed by atoms with Crippen molar-refractivity contribution < 1.29 is 5.11 Å². The zero-order valence-corrected chi connectivity index (χ0v) is 13.7. The first kappa shape index (κ1) is 15.8. The second-order valence-corrected chi connectivity index (χ2v) is 6.15. The Bertz CT molecular complexity index is 606. The van der Waals surface area contributed by atoms with Crippen LogP contribution >= 0.6 is 39.1 Å². The van der Waals surface area contributed by atoms with E-state index in [-0.39, 0.29) is 5.92 Å². The van der Waals surface area contributed by atoms with Crippen LogP contribution in [-0.4, -0.2) is 11.7 Å². The number of hydrogen-bond acceptors (Lipinski definition) is 2. The van der Waals surface area contributed by atoms with Gasteiger partial charge in [0.15, 0.2) is 0 Å². The summed E-state index contributed by atoms with van der Waals surface area (Å²) in [7, 11) is 0. The summed E-state index contributed by atoms with van der Waals surface area (Å²) in [4.78, 5) is 0. The number of benzene rings is 2. The maximum Gasteiger partial charge on any atom is 0.0881 e. The predicted octanol–water partition coefficient (Wildman–Crippen LogP) is 4.53. The molecule has 0 spiro atoms. The number of rotatable bonds is 4. The summed E-state index contributed by atoms with van der Waals surface area (Å²) in [5.41, 5.74) is 7.50. The normalized spacial score (nSPS) is 14.1. The second-order valence-electron chi connectivity index (χ2n) is 4.48. The molecular weight excluding hydrogens is 361 g/mol. The van der Waals surface area contributed by atoms with Gasteiger partial charge in [0.05, 0.1) is 16.1 Å². The van der Waals surface area contributed by atoms with E-state index < -0.39 is 6.10 Å². The summed E-state index contributed by atoms with van der Waals surface area (Å²) in [6.45, 7) is 0.306. The van der Waals surface area contributed by atoms with Crippen LogP contribution in [0.25, 0.3) is 0 Å². The van der Waals surface area contributed by atoms with Crippen LogP contribution in [0.4, 0.5) is 0 Å². The number of hydrogen-bond donors (Lipinski definition) is 2. The van der Waals surface area contributed by atoms with Crippen LogP contribution in [0, 0.1) is 0 Å². The van der Waals surface area contributed by atoms with Gasteiger partial charge in [-0.15, -0.1) is 0 Å². The Labute approximate surface area is 136 Å². The molecule has 2 unspecified atom stereocenters. The molecule has 0 saturated heterocycles. The average Bonchev–Trinajstić information content (AvgIpc) is 2.44. The van der Waals surface area contributed by atoms with Crippen LogP contribution in [-0.2, 0) is 0 Å². The Morgan fingerprint density at radius 3 is 2.40 bits per heavy atom. The van der Waals surface area contributed by atoms with Crippen molar-refractivity contribution in [3.8, 4) is 0 Å². The topological polar surface area (TPSA) is 46.2 Å². The van der Waals surface area contributed by atoms with E-state index in [9.17, 15) is 5.11 Å². The Morgan fingerprint density at radius 2 is 1.80 bits per heavy atom. The minimum atomic E-state index is -0.715. The largest absolute Gasteiger partial charge is 0.388 e. The lowest BCUT2D eigenvalue weighted by Crippen LogP contribution is -2.20. The third-order valence-electron chi connectivity index (χ3n) is 3.23. The van der Waals surface area contributed by atoms with E-state index in [0.717, 1.165) is 15.6 Å². The molecule has 2 aromatic carbocycles. The van der Waals surface area contributed by atoms with Gasteiger partial charge in [0.2, 0.25) is 0 Å². The highest BCUT2D eigenvalue weighted by Crippen LogP contribution is 2.36. The Hall–Kier alpha value is -0.580. The van der Waals surface area contributed by atoms with Gasteiger partial charge >= 0.3 is 0 Å². The molecule has 0 heterocycles. The molecule has 0 saturated carbocycles. The fourth-order valence-electron chi connectivity index (χ4n) is 2.12. The fourth-order valence-corrected chi connectivity index (χ4v) is 2.95. The summed E-state index contributed by atoms with van der Waals surface area (Å²) in [5.74, 6) is -0.247. The van der Waals surface area contributed by atoms with Crippen LogP contribution in [0.2, 0.25) is 10.0 Å². The quantitative estimate of drug-likeness (QED) is 0.825. The van der Waals surface area contributed by atoms with Gasteiger partial charge in [-0.3, -0.25) is 0 Å². The summed E-state index contributed by atoms with van der Waals surface area (Å²) in [5, 5.41) is 11.5. The van der Waals surface area contributed by atoms with Crippen molar-refractivity contribution in [1.29, 1.82) is 0 Å². The molecule has 20 heavy (non-hydrogen) atoms. The van der Waals surface area contributed by atoms with Crippen molar-refractivity contribution in [3.05, 3.63) is 68.1 Å². The van der Waals surface area contributed by atoms with Crippen molar-refractivity contribution in [3.63, 3.8) is 0 Å². The van der Waals surface area contributed by atoms with E-state index in [4.69, 9.17) is 28.9 Å². The van der Waals surface area contributed by atoms with Gasteiger partial charge in [0.25, 0.3) is 0 Å². The van der Waals surface area contributed by atoms with Gasteiger partial charge in [-0.2, -0.15) is 0 Å². The van der Waals surface area contributed by atoms with Gasteiger partial charge < -0.3 is 10.8 Å². The van der Waals surface area contributed by atoms with Crippen LogP contribution in [0.3, 0.4) is 0 Å². The highest BCUT2D eigenvalue weighted by atomic mass is 79.9. The minimum Gasteiger partial charge on any atom is -0.388 e. The first-order chi connectivity index (χ1) is 9.54. The van der Waals surface area contributed by atoms with Gasteiger partial charge in [-0.05, 0) is 29.3 Å². The van der Waals surface area contributed by atoms with E-state index in [1.807, 2.05) is 30.3 Å². The lowest BCUT2D eigenvalue weighted by atomic mass is 9.89. The van der Waals surface area contributed by atoms with Crippen molar-refractivity contribution >= 4 is 39.1 Å². The standard InChI is InChI=1S/C15H14BrCl2NO/c16-12-4-2-1-3-10(12)15(20)11(8-19)9-5-6-13(17)14(18)7-9/h1-7,11,15,20H,8,19H2. The molecule has 2 atom stereocenters. The summed E-state index contributed by atoms with van der Waals surface area (Å²) in [6.07, 6.45) is -0.715. The summed E-state index contributed by atoms with van der Waals surface area (Å²) >= 11 is 15.4. The molecule has 5 heteroatoms. The molecule has 0 aliphatic carbocycles. The van der Waals surface area contributed by atoms with Crippen molar-refractivity contribution in [1.82, 2.24) is 0 Å². The molecule has 0 fully saturated rings. The molecular formula is C15H14BrCl2NO. The van der Waals surface area contributed by atoms with Gasteiger partial charge in [0.1, 0.15) is 0 Å². The number of halogens is 3. The smallest absolute Gasteiger partial charge is 0.0881 e. The summed E-state index contributed by atoms with van der Waals surface area (Å²) in [6, 6.07) is 12.8. The Balaban J connectivity index is 2.36. The zero-order chi connectivity index (χ0) is 14.7. The molecule has 2 rings (SSSR count). The Morgan fingerprint density at radius 1 is 1.10 bits per heavy atom.